The van der Waals surface area contributed by atoms with Gasteiger partial charge in [0, 0.05) is 19.3 Å². The molecule has 2 rings (SSSR count). The number of carboxylic acid groups (broad SMARTS) is 1. The zero-order valence-electron chi connectivity index (χ0n) is 9.83. The Morgan fingerprint density at radius 1 is 1.28 bits per heavy atom. The van der Waals surface area contributed by atoms with Gasteiger partial charge in [-0.05, 0) is 25.0 Å². The van der Waals surface area contributed by atoms with Gasteiger partial charge >= 0.3 is 5.97 Å². The van der Waals surface area contributed by atoms with Crippen LogP contribution in [0.5, 0.6) is 0 Å². The van der Waals surface area contributed by atoms with E-state index in [0.29, 0.717) is 13.1 Å². The lowest BCUT2D eigenvalue weighted by Crippen LogP contribution is -2.35. The van der Waals surface area contributed by atoms with Gasteiger partial charge in [-0.2, -0.15) is 0 Å². The van der Waals surface area contributed by atoms with Gasteiger partial charge in [-0.15, -0.1) is 0 Å². The van der Waals surface area contributed by atoms with E-state index in [1.807, 2.05) is 0 Å². The summed E-state index contributed by atoms with van der Waals surface area (Å²) in [4.78, 5) is 36.3. The largest absolute Gasteiger partial charge is 0.480 e. The second-order valence-corrected chi connectivity index (χ2v) is 4.25. The second-order valence-electron chi connectivity index (χ2n) is 4.25. The molecule has 96 valence electrons. The first-order chi connectivity index (χ1) is 8.59. The van der Waals surface area contributed by atoms with E-state index >= 15 is 0 Å². The molecule has 0 bridgehead atoms. The van der Waals surface area contributed by atoms with Gasteiger partial charge in [0.1, 0.15) is 12.1 Å². The summed E-state index contributed by atoms with van der Waals surface area (Å²) in [6.45, 7) is 0.887. The fourth-order valence-corrected chi connectivity index (χ4v) is 2.06. The summed E-state index contributed by atoms with van der Waals surface area (Å²) in [6, 6.07) is 2.97. The number of carbonyl (C=O) groups is 2. The molecule has 0 unspecified atom stereocenters. The number of amides is 1. The third-order valence-electron chi connectivity index (χ3n) is 2.95. The quantitative estimate of drug-likeness (QED) is 0.829. The molecule has 0 aliphatic carbocycles. The fraction of sp³-hybridized carbons (Fsp3) is 0.417. The number of hydrogen-bond donors (Lipinski definition) is 1. The molecule has 18 heavy (non-hydrogen) atoms. The normalized spacial score (nSPS) is 14.8. The Morgan fingerprint density at radius 2 is 1.94 bits per heavy atom. The predicted molar refractivity (Wildman–Crippen MR) is 63.5 cm³/mol. The minimum absolute atomic E-state index is 0.0423. The lowest BCUT2D eigenvalue weighted by molar-refractivity contribution is -0.137. The summed E-state index contributed by atoms with van der Waals surface area (Å²) < 4.78 is 1.03. The molecule has 0 aromatic carbocycles. The number of carboxylic acids is 1. The van der Waals surface area contributed by atoms with Crippen molar-refractivity contribution in [3.05, 3.63) is 34.2 Å². The Bertz CT molecular complexity index is 529. The van der Waals surface area contributed by atoms with Crippen LogP contribution in [0, 0.1) is 0 Å². The van der Waals surface area contributed by atoms with Crippen LogP contribution in [0.15, 0.2) is 23.1 Å². The minimum atomic E-state index is -1.11. The number of hydrogen-bond acceptors (Lipinski definition) is 3. The van der Waals surface area contributed by atoms with Gasteiger partial charge < -0.3 is 14.6 Å². The molecular formula is C12H14N2O4. The number of carbonyl (C=O) groups excluding carboxylic acids is 1. The Kier molecular flexibility index (Phi) is 3.45. The zero-order valence-corrected chi connectivity index (χ0v) is 9.83. The molecule has 0 atom stereocenters. The molecule has 1 N–H and O–H groups in total. The molecule has 6 nitrogen and oxygen atoms in total. The molecule has 1 aliphatic heterocycles. The maximum Gasteiger partial charge on any atom is 0.323 e. The van der Waals surface area contributed by atoms with Crippen molar-refractivity contribution in [2.24, 2.45) is 0 Å². The van der Waals surface area contributed by atoms with E-state index < -0.39 is 18.1 Å². The van der Waals surface area contributed by atoms with Gasteiger partial charge in [-0.1, -0.05) is 0 Å². The van der Waals surface area contributed by atoms with E-state index in [9.17, 15) is 14.4 Å². The number of pyridine rings is 1. The van der Waals surface area contributed by atoms with Gasteiger partial charge in [0.25, 0.3) is 11.5 Å². The van der Waals surface area contributed by atoms with Gasteiger partial charge in [0.15, 0.2) is 0 Å². The van der Waals surface area contributed by atoms with Crippen molar-refractivity contribution in [2.45, 2.75) is 19.4 Å². The summed E-state index contributed by atoms with van der Waals surface area (Å²) in [5.41, 5.74) is -0.502. The Labute approximate surface area is 103 Å². The predicted octanol–water partition coefficient (Wildman–Crippen LogP) is 0.169. The molecule has 1 amide bonds. The van der Waals surface area contributed by atoms with Crippen molar-refractivity contribution in [2.75, 3.05) is 13.1 Å². The van der Waals surface area contributed by atoms with Crippen LogP contribution in [-0.2, 0) is 11.3 Å². The average Bonchev–Trinajstić information content (AvgIpc) is 2.84. The third kappa shape index (κ3) is 2.42. The molecule has 1 aromatic heterocycles. The van der Waals surface area contributed by atoms with Gasteiger partial charge in [0.2, 0.25) is 0 Å². The molecule has 0 spiro atoms. The Hall–Kier alpha value is -2.11. The van der Waals surface area contributed by atoms with Crippen molar-refractivity contribution in [1.82, 2.24) is 9.47 Å². The lowest BCUT2D eigenvalue weighted by atomic mass is 10.2. The van der Waals surface area contributed by atoms with E-state index in [0.717, 1.165) is 17.4 Å². The topological polar surface area (TPSA) is 79.6 Å². The summed E-state index contributed by atoms with van der Waals surface area (Å²) >= 11 is 0. The van der Waals surface area contributed by atoms with Gasteiger partial charge in [0.05, 0.1) is 0 Å². The van der Waals surface area contributed by atoms with Crippen LogP contribution < -0.4 is 5.56 Å². The summed E-state index contributed by atoms with van der Waals surface area (Å²) in [7, 11) is 0. The fourth-order valence-electron chi connectivity index (χ4n) is 2.06. The molecule has 1 aliphatic rings. The molecular weight excluding hydrogens is 236 g/mol. The highest BCUT2D eigenvalue weighted by Crippen LogP contribution is 2.10. The maximum atomic E-state index is 12.1. The molecule has 0 saturated carbocycles. The van der Waals surface area contributed by atoms with Crippen LogP contribution in [0.3, 0.4) is 0 Å². The smallest absolute Gasteiger partial charge is 0.323 e. The van der Waals surface area contributed by atoms with Gasteiger partial charge in [-0.3, -0.25) is 14.4 Å². The first-order valence-corrected chi connectivity index (χ1v) is 5.80. The monoisotopic (exact) mass is 250 g/mol. The maximum absolute atomic E-state index is 12.1. The number of rotatable bonds is 3. The third-order valence-corrected chi connectivity index (χ3v) is 2.95. The number of aliphatic carboxylic acids is 1. The van der Waals surface area contributed by atoms with Crippen LogP contribution in [0.1, 0.15) is 23.2 Å². The second kappa shape index (κ2) is 5.03. The number of likely N-dealkylation sites (tertiary alicyclic amines) is 1. The number of nitrogens with zero attached hydrogens (tertiary/aromatic N) is 2. The molecule has 1 aromatic rings. The lowest BCUT2D eigenvalue weighted by Gasteiger charge is -2.15. The summed E-state index contributed by atoms with van der Waals surface area (Å²) in [5, 5.41) is 8.68. The zero-order chi connectivity index (χ0) is 13.1. The van der Waals surface area contributed by atoms with Crippen LogP contribution in [0.2, 0.25) is 0 Å². The van der Waals surface area contributed by atoms with E-state index in [2.05, 4.69) is 0 Å². The molecule has 1 saturated heterocycles. The standard InChI is InChI=1S/C12H14N2O4/c15-10(16)8-14-7-3-4-9(12(14)18)11(17)13-5-1-2-6-13/h3-4,7H,1-2,5-6,8H2,(H,15,16). The highest BCUT2D eigenvalue weighted by molar-refractivity contribution is 5.94. The summed E-state index contributed by atoms with van der Waals surface area (Å²) in [6.07, 6.45) is 3.26. The van der Waals surface area contributed by atoms with Gasteiger partial charge in [-0.25, -0.2) is 0 Å². The minimum Gasteiger partial charge on any atom is -0.480 e. The molecule has 6 heteroatoms. The van der Waals surface area contributed by atoms with Crippen LogP contribution in [0.4, 0.5) is 0 Å². The average molecular weight is 250 g/mol. The van der Waals surface area contributed by atoms with E-state index in [1.54, 1.807) is 4.90 Å². The van der Waals surface area contributed by atoms with Crippen molar-refractivity contribution in [3.8, 4) is 0 Å². The van der Waals surface area contributed by atoms with Crippen LogP contribution in [0.25, 0.3) is 0 Å². The highest BCUT2D eigenvalue weighted by Gasteiger charge is 2.22. The SMILES string of the molecule is O=C(O)Cn1cccc(C(=O)N2CCCC2)c1=O. The van der Waals surface area contributed by atoms with E-state index in [1.165, 1.54) is 18.3 Å². The van der Waals surface area contributed by atoms with Crippen molar-refractivity contribution < 1.29 is 14.7 Å². The van der Waals surface area contributed by atoms with Crippen molar-refractivity contribution in [1.29, 1.82) is 0 Å². The van der Waals surface area contributed by atoms with E-state index in [-0.39, 0.29) is 11.5 Å². The first kappa shape index (κ1) is 12.3. The molecule has 0 radical (unpaired) electrons. The number of aromatic nitrogens is 1. The highest BCUT2D eigenvalue weighted by atomic mass is 16.4. The van der Waals surface area contributed by atoms with E-state index in [4.69, 9.17) is 5.11 Å². The summed E-state index contributed by atoms with van der Waals surface area (Å²) in [5.74, 6) is -1.42. The molecule has 2 heterocycles. The van der Waals surface area contributed by atoms with Crippen molar-refractivity contribution in [3.63, 3.8) is 0 Å². The molecule has 1 fully saturated rings. The Balaban J connectivity index is 2.30. The Morgan fingerprint density at radius 3 is 2.56 bits per heavy atom. The first-order valence-electron chi connectivity index (χ1n) is 5.80. The van der Waals surface area contributed by atoms with Crippen LogP contribution >= 0.6 is 0 Å². The van der Waals surface area contributed by atoms with Crippen molar-refractivity contribution >= 4 is 11.9 Å². The van der Waals surface area contributed by atoms with Crippen LogP contribution in [-0.4, -0.2) is 39.5 Å².